The van der Waals surface area contributed by atoms with E-state index in [4.69, 9.17) is 9.72 Å². The third-order valence-electron chi connectivity index (χ3n) is 6.71. The number of hydrogen-bond acceptors (Lipinski definition) is 8. The Hall–Kier alpha value is -2.96. The number of nitrogens with zero attached hydrogens (tertiary/aromatic N) is 3. The molecule has 0 bridgehead atoms. The van der Waals surface area contributed by atoms with Crippen LogP contribution in [0, 0.1) is 0 Å². The van der Waals surface area contributed by atoms with Crippen LogP contribution in [0.2, 0.25) is 0 Å². The van der Waals surface area contributed by atoms with Crippen molar-refractivity contribution in [3.05, 3.63) is 41.8 Å². The van der Waals surface area contributed by atoms with Crippen LogP contribution < -0.4 is 10.6 Å². The molecule has 5 rings (SSSR count). The minimum atomic E-state index is -3.64. The first-order valence-corrected chi connectivity index (χ1v) is 14.9. The smallest absolute Gasteiger partial charge is 0.407 e. The zero-order chi connectivity index (χ0) is 26.0. The number of alkyl carbamates (subject to hydrolysis) is 1. The van der Waals surface area contributed by atoms with Crippen molar-refractivity contribution < 1.29 is 17.9 Å². The molecule has 1 aliphatic carbocycles. The van der Waals surface area contributed by atoms with Crippen LogP contribution in [0.1, 0.15) is 56.9 Å². The van der Waals surface area contributed by atoms with Gasteiger partial charge in [0.1, 0.15) is 0 Å². The first kappa shape index (κ1) is 25.7. The van der Waals surface area contributed by atoms with Crippen LogP contribution in [0.25, 0.3) is 10.4 Å². The number of nitrogens with one attached hydrogen (secondary N) is 3. The lowest BCUT2D eigenvalue weighted by Crippen LogP contribution is -2.42. The number of rotatable bonds is 8. The van der Waals surface area contributed by atoms with Crippen molar-refractivity contribution in [1.29, 1.82) is 0 Å². The van der Waals surface area contributed by atoms with Crippen LogP contribution in [0.3, 0.4) is 0 Å². The quantitative estimate of drug-likeness (QED) is 0.370. The third-order valence-corrected chi connectivity index (χ3v) is 9.84. The van der Waals surface area contributed by atoms with Crippen molar-refractivity contribution in [2.45, 2.75) is 68.9 Å². The van der Waals surface area contributed by atoms with Gasteiger partial charge in [-0.05, 0) is 58.1 Å². The van der Waals surface area contributed by atoms with E-state index in [1.54, 1.807) is 36.0 Å². The minimum absolute atomic E-state index is 0.101. The summed E-state index contributed by atoms with van der Waals surface area (Å²) >= 11 is 1.55. The number of aromatic nitrogens is 3. The molecule has 2 aromatic heterocycles. The van der Waals surface area contributed by atoms with Gasteiger partial charge >= 0.3 is 6.09 Å². The van der Waals surface area contributed by atoms with Gasteiger partial charge in [0.05, 0.1) is 20.9 Å². The Morgan fingerprint density at radius 2 is 1.97 bits per heavy atom. The Kier molecular flexibility index (Phi) is 7.50. The van der Waals surface area contributed by atoms with Crippen LogP contribution in [-0.2, 0) is 14.8 Å². The number of ether oxygens (including phenoxy) is 1. The monoisotopic (exact) mass is 544 g/mol. The summed E-state index contributed by atoms with van der Waals surface area (Å²) in [4.78, 5) is 24.9. The van der Waals surface area contributed by atoms with E-state index in [9.17, 15) is 13.2 Å². The molecule has 1 saturated carbocycles. The molecule has 2 aliphatic rings. The molecule has 1 saturated heterocycles. The molecule has 1 amide bonds. The van der Waals surface area contributed by atoms with Crippen LogP contribution in [0.4, 0.5) is 16.4 Å². The van der Waals surface area contributed by atoms with Crippen molar-refractivity contribution in [2.24, 2.45) is 0 Å². The van der Waals surface area contributed by atoms with Crippen molar-refractivity contribution in [1.82, 2.24) is 24.6 Å². The summed E-state index contributed by atoms with van der Waals surface area (Å²) in [5, 5.41) is 7.09. The average Bonchev–Trinajstić information content (AvgIpc) is 3.50. The van der Waals surface area contributed by atoms with E-state index in [-0.39, 0.29) is 29.1 Å². The van der Waals surface area contributed by atoms with E-state index in [0.717, 1.165) is 42.0 Å². The lowest BCUT2D eigenvalue weighted by Gasteiger charge is -2.30. The summed E-state index contributed by atoms with van der Waals surface area (Å²) in [6, 6.07) is 5.48. The molecule has 3 aromatic rings. The zero-order valence-electron chi connectivity index (χ0n) is 20.9. The summed E-state index contributed by atoms with van der Waals surface area (Å²) in [5.74, 6) is 0.830. The fraction of sp³-hybridized carbons (Fsp3) is 0.480. The average molecular weight is 545 g/mol. The van der Waals surface area contributed by atoms with Crippen molar-refractivity contribution in [3.63, 3.8) is 0 Å². The molecule has 12 heteroatoms. The highest BCUT2D eigenvalue weighted by molar-refractivity contribution is 7.89. The topological polar surface area (TPSA) is 129 Å². The molecule has 3 N–H and O–H groups in total. The Balaban J connectivity index is 1.34. The van der Waals surface area contributed by atoms with Gasteiger partial charge in [-0.1, -0.05) is 6.07 Å². The van der Waals surface area contributed by atoms with E-state index >= 15 is 0 Å². The highest BCUT2D eigenvalue weighted by Crippen LogP contribution is 2.41. The molecule has 3 heterocycles. The number of H-pyrrole nitrogens is 1. The third kappa shape index (κ3) is 5.81. The minimum Gasteiger partial charge on any atom is -0.447 e. The molecule has 1 aromatic carbocycles. The maximum atomic E-state index is 13.5. The number of hydrogen-bond donors (Lipinski definition) is 3. The molecule has 37 heavy (non-hydrogen) atoms. The first-order chi connectivity index (χ1) is 17.8. The van der Waals surface area contributed by atoms with Crippen LogP contribution in [-0.4, -0.2) is 59.0 Å². The molecule has 2 fully saturated rings. The molecule has 0 spiro atoms. The van der Waals surface area contributed by atoms with Gasteiger partial charge in [-0.2, -0.15) is 4.31 Å². The number of amides is 1. The van der Waals surface area contributed by atoms with E-state index in [2.05, 4.69) is 20.6 Å². The van der Waals surface area contributed by atoms with Gasteiger partial charge in [0.2, 0.25) is 16.0 Å². The maximum Gasteiger partial charge on any atom is 0.407 e. The fourth-order valence-corrected chi connectivity index (χ4v) is 7.59. The normalized spacial score (nSPS) is 20.4. The second kappa shape index (κ2) is 10.8. The Morgan fingerprint density at radius 1 is 1.19 bits per heavy atom. The number of anilines is 2. The molecule has 0 atom stereocenters. The van der Waals surface area contributed by atoms with Crippen molar-refractivity contribution in [2.75, 3.05) is 18.4 Å². The molecule has 10 nitrogen and oxygen atoms in total. The van der Waals surface area contributed by atoms with Gasteiger partial charge in [0.15, 0.2) is 0 Å². The highest BCUT2D eigenvalue weighted by Gasteiger charge is 2.33. The van der Waals surface area contributed by atoms with E-state index in [1.807, 2.05) is 26.0 Å². The molecule has 0 unspecified atom stereocenters. The number of carbonyl (C=O) groups is 1. The molecule has 198 valence electrons. The summed E-state index contributed by atoms with van der Waals surface area (Å²) in [5.41, 5.74) is 1.30. The Bertz CT molecular complexity index is 1330. The lowest BCUT2D eigenvalue weighted by atomic mass is 9.86. The van der Waals surface area contributed by atoms with Crippen LogP contribution in [0.15, 0.2) is 41.7 Å². The Labute approximate surface area is 220 Å². The predicted octanol–water partition coefficient (Wildman–Crippen LogP) is 4.83. The van der Waals surface area contributed by atoms with E-state index < -0.39 is 10.0 Å². The Morgan fingerprint density at radius 3 is 2.62 bits per heavy atom. The number of thiazole rings is 1. The van der Waals surface area contributed by atoms with Crippen LogP contribution in [0.5, 0.6) is 0 Å². The molecular formula is C25H32N6O4S2. The van der Waals surface area contributed by atoms with E-state index in [0.29, 0.717) is 30.3 Å². The van der Waals surface area contributed by atoms with Gasteiger partial charge < -0.3 is 20.4 Å². The standard InChI is InChI=1S/C25H32N6O4S2/c1-16(2)35-25(32)30-18-6-4-17(5-7-18)23-28-15-21(36-23)20-9-8-19(29-24-26-10-11-27-24)14-22(20)37(33,34)31-12-3-13-31/h8-11,14-18H,3-7,12-13H2,1-2H3,(H,30,32)(H2,26,27,29)/t17-,18-. The van der Waals surface area contributed by atoms with Crippen molar-refractivity contribution >= 4 is 39.1 Å². The second-order valence-electron chi connectivity index (χ2n) is 9.74. The summed E-state index contributed by atoms with van der Waals surface area (Å²) in [6.07, 6.45) is 9.01. The largest absolute Gasteiger partial charge is 0.447 e. The lowest BCUT2D eigenvalue weighted by molar-refractivity contribution is 0.109. The molecular weight excluding hydrogens is 512 g/mol. The van der Waals surface area contributed by atoms with Gasteiger partial charge in [0.25, 0.3) is 0 Å². The predicted molar refractivity (Wildman–Crippen MR) is 143 cm³/mol. The number of imidazole rings is 1. The maximum absolute atomic E-state index is 13.5. The summed E-state index contributed by atoms with van der Waals surface area (Å²) in [7, 11) is -3.64. The molecule has 0 radical (unpaired) electrons. The van der Waals surface area contributed by atoms with Gasteiger partial charge in [-0.25, -0.2) is 23.2 Å². The zero-order valence-corrected chi connectivity index (χ0v) is 22.6. The van der Waals surface area contributed by atoms with Gasteiger partial charge in [-0.15, -0.1) is 11.3 Å². The second-order valence-corrected chi connectivity index (χ2v) is 12.7. The first-order valence-electron chi connectivity index (χ1n) is 12.6. The van der Waals surface area contributed by atoms with Crippen molar-refractivity contribution in [3.8, 4) is 10.4 Å². The number of aromatic amines is 1. The SMILES string of the molecule is CC(C)OC(=O)N[C@H]1CC[C@H](c2ncc(-c3ccc(Nc4ncc[nH]4)cc3S(=O)(=O)N3CCC3)s2)CC1. The van der Waals surface area contributed by atoms with E-state index in [1.165, 1.54) is 4.31 Å². The number of sulfonamides is 1. The van der Waals surface area contributed by atoms with Gasteiger partial charge in [-0.3, -0.25) is 0 Å². The summed E-state index contributed by atoms with van der Waals surface area (Å²) in [6.45, 7) is 4.74. The molecule has 1 aliphatic heterocycles. The number of benzene rings is 1. The number of carbonyl (C=O) groups excluding carboxylic acids is 1. The summed E-state index contributed by atoms with van der Waals surface area (Å²) < 4.78 is 33.7. The highest BCUT2D eigenvalue weighted by atomic mass is 32.2. The van der Waals surface area contributed by atoms with Gasteiger partial charge in [0, 0.05) is 54.9 Å². The fourth-order valence-electron chi connectivity index (χ4n) is 4.65. The van der Waals surface area contributed by atoms with Crippen LogP contribution >= 0.6 is 11.3 Å².